The van der Waals surface area contributed by atoms with Gasteiger partial charge in [-0.2, -0.15) is 0 Å². The summed E-state index contributed by atoms with van der Waals surface area (Å²) in [7, 11) is 0. The molecule has 0 unspecified atom stereocenters. The lowest BCUT2D eigenvalue weighted by Gasteiger charge is -2.05. The second-order valence-corrected chi connectivity index (χ2v) is 6.16. The molecular formula is C14H15BrN2O2. The lowest BCUT2D eigenvalue weighted by Crippen LogP contribution is -1.97. The van der Waals surface area contributed by atoms with Gasteiger partial charge in [-0.05, 0) is 40.8 Å². The van der Waals surface area contributed by atoms with Crippen LogP contribution in [-0.4, -0.2) is 29.2 Å². The monoisotopic (exact) mass is 322 g/mol. The quantitative estimate of drug-likeness (QED) is 0.871. The summed E-state index contributed by atoms with van der Waals surface area (Å²) < 4.78 is 14.2. The van der Waals surface area contributed by atoms with Crippen LogP contribution in [-0.2, 0) is 4.74 Å². The molecular weight excluding hydrogens is 308 g/mol. The number of hydrogen-bond acceptors (Lipinski definition) is 3. The van der Waals surface area contributed by atoms with Gasteiger partial charge in [-0.3, -0.25) is 0 Å². The molecule has 3 heterocycles. The zero-order valence-corrected chi connectivity index (χ0v) is 12.3. The van der Waals surface area contributed by atoms with E-state index in [1.807, 2.05) is 19.2 Å². The van der Waals surface area contributed by atoms with Crippen molar-refractivity contribution in [1.82, 2.24) is 9.38 Å². The third-order valence-electron chi connectivity index (χ3n) is 4.10. The SMILES string of the molecule is CCOc1cc(Br)cn2cc([C@H]3[C@@H]4COC[C@@H]43)nc12. The second kappa shape index (κ2) is 4.21. The molecule has 0 radical (unpaired) electrons. The maximum Gasteiger partial charge on any atom is 0.180 e. The van der Waals surface area contributed by atoms with Gasteiger partial charge in [0.1, 0.15) is 0 Å². The van der Waals surface area contributed by atoms with Crippen LogP contribution >= 0.6 is 15.9 Å². The van der Waals surface area contributed by atoms with Crippen LogP contribution in [0.2, 0.25) is 0 Å². The second-order valence-electron chi connectivity index (χ2n) is 5.24. The Hall–Kier alpha value is -1.07. The highest BCUT2D eigenvalue weighted by Crippen LogP contribution is 2.57. The predicted molar refractivity (Wildman–Crippen MR) is 74.6 cm³/mol. The summed E-state index contributed by atoms with van der Waals surface area (Å²) in [6, 6.07) is 1.98. The molecule has 0 amide bonds. The molecule has 3 atom stereocenters. The number of pyridine rings is 1. The van der Waals surface area contributed by atoms with E-state index >= 15 is 0 Å². The molecule has 1 saturated carbocycles. The molecule has 2 fully saturated rings. The molecule has 100 valence electrons. The van der Waals surface area contributed by atoms with Gasteiger partial charge in [0.05, 0.1) is 25.5 Å². The molecule has 1 aliphatic heterocycles. The highest BCUT2D eigenvalue weighted by Gasteiger charge is 2.55. The average molecular weight is 323 g/mol. The fraction of sp³-hybridized carbons (Fsp3) is 0.500. The Bertz CT molecular complexity index is 630. The molecule has 4 nitrogen and oxygen atoms in total. The topological polar surface area (TPSA) is 35.8 Å². The molecule has 0 spiro atoms. The Balaban J connectivity index is 1.76. The first kappa shape index (κ1) is 11.7. The molecule has 5 heteroatoms. The van der Waals surface area contributed by atoms with E-state index < -0.39 is 0 Å². The summed E-state index contributed by atoms with van der Waals surface area (Å²) in [4.78, 5) is 4.78. The first-order chi connectivity index (χ1) is 9.28. The first-order valence-corrected chi connectivity index (χ1v) is 7.46. The molecule has 1 aliphatic carbocycles. The minimum atomic E-state index is 0.585. The van der Waals surface area contributed by atoms with E-state index in [-0.39, 0.29) is 0 Å². The molecule has 2 aromatic rings. The van der Waals surface area contributed by atoms with Crippen molar-refractivity contribution in [2.45, 2.75) is 12.8 Å². The minimum absolute atomic E-state index is 0.585. The zero-order chi connectivity index (χ0) is 13.0. The highest BCUT2D eigenvalue weighted by molar-refractivity contribution is 9.10. The van der Waals surface area contributed by atoms with Crippen LogP contribution in [0.15, 0.2) is 22.9 Å². The lowest BCUT2D eigenvalue weighted by atomic mass is 10.2. The molecule has 0 N–H and O–H groups in total. The number of ether oxygens (including phenoxy) is 2. The number of halogens is 1. The largest absolute Gasteiger partial charge is 0.490 e. The number of aromatic nitrogens is 2. The van der Waals surface area contributed by atoms with Gasteiger partial charge in [0.2, 0.25) is 0 Å². The Labute approximate surface area is 119 Å². The summed E-state index contributed by atoms with van der Waals surface area (Å²) in [5.41, 5.74) is 2.09. The summed E-state index contributed by atoms with van der Waals surface area (Å²) in [6.45, 7) is 4.43. The lowest BCUT2D eigenvalue weighted by molar-refractivity contribution is 0.160. The van der Waals surface area contributed by atoms with Crippen molar-refractivity contribution < 1.29 is 9.47 Å². The van der Waals surface area contributed by atoms with Crippen molar-refractivity contribution in [1.29, 1.82) is 0 Å². The van der Waals surface area contributed by atoms with Gasteiger partial charge >= 0.3 is 0 Å². The molecule has 4 rings (SSSR count). The van der Waals surface area contributed by atoms with Crippen molar-refractivity contribution in [2.24, 2.45) is 11.8 Å². The van der Waals surface area contributed by atoms with E-state index in [4.69, 9.17) is 14.5 Å². The number of nitrogens with zero attached hydrogens (tertiary/aromatic N) is 2. The molecule has 2 aromatic heterocycles. The number of hydrogen-bond donors (Lipinski definition) is 0. The average Bonchev–Trinajstić information content (AvgIpc) is 2.79. The Morgan fingerprint density at radius 2 is 2.21 bits per heavy atom. The fourth-order valence-electron chi connectivity index (χ4n) is 3.15. The Kier molecular flexibility index (Phi) is 2.60. The molecule has 1 saturated heterocycles. The van der Waals surface area contributed by atoms with Crippen LogP contribution < -0.4 is 4.74 Å². The van der Waals surface area contributed by atoms with E-state index in [9.17, 15) is 0 Å². The third kappa shape index (κ3) is 1.79. The zero-order valence-electron chi connectivity index (χ0n) is 10.7. The van der Waals surface area contributed by atoms with Gasteiger partial charge < -0.3 is 13.9 Å². The summed E-state index contributed by atoms with van der Waals surface area (Å²) in [6.07, 6.45) is 4.16. The maximum atomic E-state index is 5.67. The van der Waals surface area contributed by atoms with E-state index in [1.54, 1.807) is 0 Å². The summed E-state index contributed by atoms with van der Waals surface area (Å²) in [5.74, 6) is 2.79. The van der Waals surface area contributed by atoms with Crippen LogP contribution in [0.25, 0.3) is 5.65 Å². The van der Waals surface area contributed by atoms with Crippen LogP contribution in [0.5, 0.6) is 5.75 Å². The number of rotatable bonds is 3. The van der Waals surface area contributed by atoms with Crippen LogP contribution in [0.3, 0.4) is 0 Å². The third-order valence-corrected chi connectivity index (χ3v) is 4.53. The highest BCUT2D eigenvalue weighted by atomic mass is 79.9. The van der Waals surface area contributed by atoms with Crippen molar-refractivity contribution in [2.75, 3.05) is 19.8 Å². The maximum absolute atomic E-state index is 5.67. The van der Waals surface area contributed by atoms with E-state index in [1.165, 1.54) is 5.69 Å². The van der Waals surface area contributed by atoms with Crippen LogP contribution in [0.1, 0.15) is 18.5 Å². The normalized spacial score (nSPS) is 28.6. The van der Waals surface area contributed by atoms with Crippen LogP contribution in [0.4, 0.5) is 0 Å². The molecule has 2 aliphatic rings. The van der Waals surface area contributed by atoms with Gasteiger partial charge in [0, 0.05) is 22.8 Å². The standard InChI is InChI=1S/C14H15BrN2O2/c1-2-19-12-3-8(15)4-17-5-11(16-14(12)17)13-9-6-18-7-10(9)13/h3-5,9-10,13H,2,6-7H2,1H3/t9-,10+,13+. The Morgan fingerprint density at radius 1 is 1.42 bits per heavy atom. The van der Waals surface area contributed by atoms with Gasteiger partial charge in [-0.15, -0.1) is 0 Å². The number of fused-ring (bicyclic) bond motifs is 2. The summed E-state index contributed by atoms with van der Waals surface area (Å²) in [5, 5.41) is 0. The van der Waals surface area contributed by atoms with E-state index in [2.05, 4.69) is 26.5 Å². The van der Waals surface area contributed by atoms with Crippen molar-refractivity contribution in [3.8, 4) is 5.75 Å². The molecule has 0 aromatic carbocycles. The van der Waals surface area contributed by atoms with Gasteiger partial charge in [-0.1, -0.05) is 0 Å². The van der Waals surface area contributed by atoms with Crippen molar-refractivity contribution >= 4 is 21.6 Å². The van der Waals surface area contributed by atoms with Gasteiger partial charge in [0.25, 0.3) is 0 Å². The fourth-order valence-corrected chi connectivity index (χ4v) is 3.58. The van der Waals surface area contributed by atoms with E-state index in [0.29, 0.717) is 24.4 Å². The van der Waals surface area contributed by atoms with Gasteiger partial charge in [0.15, 0.2) is 11.4 Å². The van der Waals surface area contributed by atoms with Gasteiger partial charge in [-0.25, -0.2) is 4.98 Å². The van der Waals surface area contributed by atoms with Crippen LogP contribution in [0, 0.1) is 11.8 Å². The molecule has 0 bridgehead atoms. The van der Waals surface area contributed by atoms with Crippen molar-refractivity contribution in [3.63, 3.8) is 0 Å². The Morgan fingerprint density at radius 3 is 2.95 bits per heavy atom. The predicted octanol–water partition coefficient (Wildman–Crippen LogP) is 2.86. The number of imidazole rings is 1. The smallest absolute Gasteiger partial charge is 0.180 e. The molecule has 19 heavy (non-hydrogen) atoms. The first-order valence-electron chi connectivity index (χ1n) is 6.66. The van der Waals surface area contributed by atoms with E-state index in [0.717, 1.165) is 29.1 Å². The summed E-state index contributed by atoms with van der Waals surface area (Å²) >= 11 is 3.52. The minimum Gasteiger partial charge on any atom is -0.490 e. The van der Waals surface area contributed by atoms with Crippen molar-refractivity contribution in [3.05, 3.63) is 28.6 Å².